The number of nitrogens with zero attached hydrogens (tertiary/aromatic N) is 2. The van der Waals surface area contributed by atoms with E-state index in [0.29, 0.717) is 22.7 Å². The van der Waals surface area contributed by atoms with Crippen molar-refractivity contribution >= 4 is 11.6 Å². The molecule has 0 atom stereocenters. The zero-order valence-electron chi connectivity index (χ0n) is 9.70. The highest BCUT2D eigenvalue weighted by molar-refractivity contribution is 5.47. The molecule has 1 aromatic heterocycles. The summed E-state index contributed by atoms with van der Waals surface area (Å²) < 4.78 is 0. The van der Waals surface area contributed by atoms with Crippen LogP contribution < -0.4 is 11.1 Å². The molecule has 82 valence electrons. The lowest BCUT2D eigenvalue weighted by Crippen LogP contribution is -2.11. The minimum Gasteiger partial charge on any atom is -0.384 e. The largest absolute Gasteiger partial charge is 0.384 e. The van der Waals surface area contributed by atoms with Crippen molar-refractivity contribution in [3.05, 3.63) is 12.4 Å². The third-order valence-corrected chi connectivity index (χ3v) is 4.00. The van der Waals surface area contributed by atoms with Crippen molar-refractivity contribution in [2.45, 2.75) is 33.7 Å². The van der Waals surface area contributed by atoms with Gasteiger partial charge in [-0.2, -0.15) is 0 Å². The highest BCUT2D eigenvalue weighted by atomic mass is 15.1. The summed E-state index contributed by atoms with van der Waals surface area (Å²) in [6, 6.07) is 2.21. The number of anilines is 2. The van der Waals surface area contributed by atoms with Crippen LogP contribution in [-0.2, 0) is 0 Å². The molecule has 4 heteroatoms. The Kier molecular flexibility index (Phi) is 1.93. The number of nitrogens with two attached hydrogens (primary N) is 1. The number of rotatable bonds is 2. The summed E-state index contributed by atoms with van der Waals surface area (Å²) >= 11 is 0. The van der Waals surface area contributed by atoms with Gasteiger partial charge in [0.15, 0.2) is 0 Å². The molecule has 1 aliphatic carbocycles. The molecule has 0 amide bonds. The van der Waals surface area contributed by atoms with Gasteiger partial charge in [0.25, 0.3) is 0 Å². The fourth-order valence-electron chi connectivity index (χ4n) is 2.16. The zero-order chi connectivity index (χ0) is 11.3. The molecule has 0 spiro atoms. The van der Waals surface area contributed by atoms with Crippen LogP contribution in [0, 0.1) is 10.8 Å². The van der Waals surface area contributed by atoms with Gasteiger partial charge in [-0.3, -0.25) is 0 Å². The molecule has 1 aromatic rings. The minimum atomic E-state index is 0.298. The first-order valence-corrected chi connectivity index (χ1v) is 5.20. The molecular formula is C11H18N4. The van der Waals surface area contributed by atoms with E-state index < -0.39 is 0 Å². The molecule has 0 radical (unpaired) electrons. The Labute approximate surface area is 90.3 Å². The van der Waals surface area contributed by atoms with Gasteiger partial charge in [0.1, 0.15) is 18.0 Å². The molecular weight excluding hydrogens is 188 g/mol. The van der Waals surface area contributed by atoms with E-state index in [4.69, 9.17) is 5.73 Å². The van der Waals surface area contributed by atoms with Crippen LogP contribution in [-0.4, -0.2) is 16.0 Å². The molecule has 1 aliphatic rings. The summed E-state index contributed by atoms with van der Waals surface area (Å²) in [6.45, 7) is 9.04. The van der Waals surface area contributed by atoms with Crippen molar-refractivity contribution in [3.63, 3.8) is 0 Å². The van der Waals surface area contributed by atoms with Crippen molar-refractivity contribution in [2.24, 2.45) is 10.8 Å². The maximum atomic E-state index is 5.60. The molecule has 0 aromatic carbocycles. The lowest BCUT2D eigenvalue weighted by atomic mass is 10.0. The lowest BCUT2D eigenvalue weighted by Gasteiger charge is -2.06. The predicted molar refractivity (Wildman–Crippen MR) is 61.4 cm³/mol. The maximum absolute atomic E-state index is 5.60. The molecule has 0 saturated heterocycles. The maximum Gasteiger partial charge on any atom is 0.131 e. The van der Waals surface area contributed by atoms with E-state index in [1.165, 1.54) is 6.33 Å². The summed E-state index contributed by atoms with van der Waals surface area (Å²) in [6.07, 6.45) is 1.49. The van der Waals surface area contributed by atoms with Crippen molar-refractivity contribution in [1.29, 1.82) is 0 Å². The molecule has 4 nitrogen and oxygen atoms in total. The molecule has 1 fully saturated rings. The van der Waals surface area contributed by atoms with Gasteiger partial charge in [0, 0.05) is 12.1 Å². The average molecular weight is 206 g/mol. The summed E-state index contributed by atoms with van der Waals surface area (Å²) in [5.74, 6) is 1.31. The highest BCUT2D eigenvalue weighted by Crippen LogP contribution is 2.63. The molecule has 2 rings (SSSR count). The monoisotopic (exact) mass is 206 g/mol. The summed E-state index contributed by atoms with van der Waals surface area (Å²) in [5, 5.41) is 3.41. The van der Waals surface area contributed by atoms with Crippen molar-refractivity contribution in [1.82, 2.24) is 9.97 Å². The van der Waals surface area contributed by atoms with Crippen LogP contribution in [0.15, 0.2) is 12.4 Å². The number of hydrogen-bond donors (Lipinski definition) is 2. The van der Waals surface area contributed by atoms with Crippen LogP contribution in [0.2, 0.25) is 0 Å². The predicted octanol–water partition coefficient (Wildman–Crippen LogP) is 1.91. The van der Waals surface area contributed by atoms with Crippen LogP contribution in [0.1, 0.15) is 27.7 Å². The Morgan fingerprint density at radius 2 is 1.80 bits per heavy atom. The smallest absolute Gasteiger partial charge is 0.131 e. The second-order valence-corrected chi connectivity index (χ2v) is 5.35. The first kappa shape index (κ1) is 10.2. The summed E-state index contributed by atoms with van der Waals surface area (Å²) in [7, 11) is 0. The van der Waals surface area contributed by atoms with Gasteiger partial charge in [0.2, 0.25) is 0 Å². The van der Waals surface area contributed by atoms with E-state index in [-0.39, 0.29) is 0 Å². The van der Waals surface area contributed by atoms with E-state index in [9.17, 15) is 0 Å². The van der Waals surface area contributed by atoms with E-state index in [2.05, 4.69) is 43.0 Å². The Hall–Kier alpha value is -1.32. The Morgan fingerprint density at radius 3 is 2.27 bits per heavy atom. The Bertz CT molecular complexity index is 370. The fourth-order valence-corrected chi connectivity index (χ4v) is 2.16. The summed E-state index contributed by atoms with van der Waals surface area (Å²) in [4.78, 5) is 8.02. The van der Waals surface area contributed by atoms with Crippen LogP contribution in [0.4, 0.5) is 11.6 Å². The SMILES string of the molecule is CC1(C)C(Nc2cc(N)ncn2)C1(C)C. The van der Waals surface area contributed by atoms with Gasteiger partial charge >= 0.3 is 0 Å². The van der Waals surface area contributed by atoms with Gasteiger partial charge in [-0.1, -0.05) is 27.7 Å². The van der Waals surface area contributed by atoms with Crippen molar-refractivity contribution in [3.8, 4) is 0 Å². The molecule has 3 N–H and O–H groups in total. The lowest BCUT2D eigenvalue weighted by molar-refractivity contribution is 0.457. The van der Waals surface area contributed by atoms with Crippen LogP contribution in [0.3, 0.4) is 0 Å². The Morgan fingerprint density at radius 1 is 1.20 bits per heavy atom. The van der Waals surface area contributed by atoms with Crippen LogP contribution >= 0.6 is 0 Å². The molecule has 0 aliphatic heterocycles. The zero-order valence-corrected chi connectivity index (χ0v) is 9.70. The van der Waals surface area contributed by atoms with E-state index >= 15 is 0 Å². The van der Waals surface area contributed by atoms with Crippen molar-refractivity contribution in [2.75, 3.05) is 11.1 Å². The normalized spacial score (nSPS) is 22.4. The highest BCUT2D eigenvalue weighted by Gasteiger charge is 2.65. The quantitative estimate of drug-likeness (QED) is 0.775. The number of nitrogens with one attached hydrogen (secondary N) is 1. The Balaban J connectivity index is 2.12. The third-order valence-electron chi connectivity index (χ3n) is 4.00. The van der Waals surface area contributed by atoms with Gasteiger partial charge in [-0.25, -0.2) is 9.97 Å². The second-order valence-electron chi connectivity index (χ2n) is 5.35. The molecule has 0 unspecified atom stereocenters. The van der Waals surface area contributed by atoms with Crippen molar-refractivity contribution < 1.29 is 0 Å². The average Bonchev–Trinajstić information content (AvgIpc) is 2.48. The van der Waals surface area contributed by atoms with E-state index in [0.717, 1.165) is 5.82 Å². The second kappa shape index (κ2) is 2.84. The van der Waals surface area contributed by atoms with Gasteiger partial charge in [0.05, 0.1) is 0 Å². The number of nitrogen functional groups attached to an aromatic ring is 1. The minimum absolute atomic E-state index is 0.298. The molecule has 15 heavy (non-hydrogen) atoms. The fraction of sp³-hybridized carbons (Fsp3) is 0.636. The topological polar surface area (TPSA) is 63.8 Å². The van der Waals surface area contributed by atoms with E-state index in [1.54, 1.807) is 6.07 Å². The first-order chi connectivity index (χ1) is 6.85. The third kappa shape index (κ3) is 1.44. The standard InChI is InChI=1S/C11H18N4/c1-10(2)9(11(10,3)4)15-8-5-7(12)13-6-14-8/h5-6,9H,1-4H3,(H3,12,13,14,15). The first-order valence-electron chi connectivity index (χ1n) is 5.20. The number of aromatic nitrogens is 2. The van der Waals surface area contributed by atoms with Crippen LogP contribution in [0.5, 0.6) is 0 Å². The van der Waals surface area contributed by atoms with Gasteiger partial charge < -0.3 is 11.1 Å². The molecule has 1 saturated carbocycles. The molecule has 0 bridgehead atoms. The van der Waals surface area contributed by atoms with Gasteiger partial charge in [-0.05, 0) is 10.8 Å². The van der Waals surface area contributed by atoms with E-state index in [1.807, 2.05) is 0 Å². The summed E-state index contributed by atoms with van der Waals surface area (Å²) in [5.41, 5.74) is 6.20. The number of hydrogen-bond acceptors (Lipinski definition) is 4. The molecule has 1 heterocycles. The van der Waals surface area contributed by atoms with Crippen LogP contribution in [0.25, 0.3) is 0 Å². The van der Waals surface area contributed by atoms with Gasteiger partial charge in [-0.15, -0.1) is 0 Å².